The monoisotopic (exact) mass is 379 g/mol. The fourth-order valence-corrected chi connectivity index (χ4v) is 3.63. The van der Waals surface area contributed by atoms with E-state index < -0.39 is 0 Å². The summed E-state index contributed by atoms with van der Waals surface area (Å²) in [7, 11) is 0. The Morgan fingerprint density at radius 3 is 2.41 bits per heavy atom. The molecule has 1 amide bonds. The molecule has 1 aliphatic heterocycles. The van der Waals surface area contributed by atoms with E-state index in [1.165, 1.54) is 0 Å². The Morgan fingerprint density at radius 1 is 1.00 bits per heavy atom. The number of pyridine rings is 1. The third-order valence-electron chi connectivity index (χ3n) is 4.85. The Kier molecular flexibility index (Phi) is 5.77. The summed E-state index contributed by atoms with van der Waals surface area (Å²) in [6.45, 7) is 2.11. The number of nitrogens with one attached hydrogen (secondary N) is 1. The lowest BCUT2D eigenvalue weighted by molar-refractivity contribution is 0.0974. The zero-order valence-corrected chi connectivity index (χ0v) is 15.9. The average molecular weight is 380 g/mol. The molecule has 4 nitrogen and oxygen atoms in total. The van der Waals surface area contributed by atoms with E-state index in [9.17, 15) is 4.79 Å². The average Bonchev–Trinajstić information content (AvgIpc) is 2.69. The highest BCUT2D eigenvalue weighted by molar-refractivity contribution is 6.07. The maximum Gasteiger partial charge on any atom is 0.258 e. The number of carbonyl (C=O) groups excluding carboxylic acids is 1. The van der Waals surface area contributed by atoms with Gasteiger partial charge in [-0.2, -0.15) is 0 Å². The van der Waals surface area contributed by atoms with E-state index in [1.54, 1.807) is 24.5 Å². The van der Waals surface area contributed by atoms with Gasteiger partial charge >= 0.3 is 0 Å². The maximum absolute atomic E-state index is 13.1. The van der Waals surface area contributed by atoms with Crippen molar-refractivity contribution >= 4 is 29.7 Å². The van der Waals surface area contributed by atoms with Crippen LogP contribution in [0.1, 0.15) is 35.3 Å². The van der Waals surface area contributed by atoms with Crippen LogP contribution in [0.4, 0.5) is 11.4 Å². The Labute approximate surface area is 165 Å². The summed E-state index contributed by atoms with van der Waals surface area (Å²) < 4.78 is 0. The van der Waals surface area contributed by atoms with E-state index in [4.69, 9.17) is 0 Å². The molecule has 0 unspecified atom stereocenters. The van der Waals surface area contributed by atoms with Gasteiger partial charge in [-0.3, -0.25) is 9.78 Å². The summed E-state index contributed by atoms with van der Waals surface area (Å²) in [5.74, 6) is 0.0190. The van der Waals surface area contributed by atoms with Crippen molar-refractivity contribution in [3.63, 3.8) is 0 Å². The van der Waals surface area contributed by atoms with Gasteiger partial charge in [0.1, 0.15) is 0 Å². The third-order valence-corrected chi connectivity index (χ3v) is 4.85. The molecule has 1 aliphatic rings. The molecule has 2 aromatic carbocycles. The minimum absolute atomic E-state index is 0. The second-order valence-electron chi connectivity index (χ2n) is 6.62. The SMILES string of the molecule is C[C@@H]1C[C@H](Nc2ccccc2)c2ccccc2N1C(=O)c1ccncc1.Cl. The molecule has 0 spiro atoms. The predicted octanol–water partition coefficient (Wildman–Crippen LogP) is 5.10. The quantitative estimate of drug-likeness (QED) is 0.688. The van der Waals surface area contributed by atoms with Gasteiger partial charge in [0.2, 0.25) is 0 Å². The lowest BCUT2D eigenvalue weighted by Gasteiger charge is -2.40. The van der Waals surface area contributed by atoms with Gasteiger partial charge in [0.05, 0.1) is 6.04 Å². The van der Waals surface area contributed by atoms with Crippen LogP contribution in [0.15, 0.2) is 79.1 Å². The minimum Gasteiger partial charge on any atom is -0.378 e. The number of rotatable bonds is 3. The number of amides is 1. The smallest absolute Gasteiger partial charge is 0.258 e. The minimum atomic E-state index is 0. The summed E-state index contributed by atoms with van der Waals surface area (Å²) in [6.07, 6.45) is 4.17. The van der Waals surface area contributed by atoms with Crippen molar-refractivity contribution in [2.75, 3.05) is 10.2 Å². The Hall–Kier alpha value is -2.85. The van der Waals surface area contributed by atoms with E-state index >= 15 is 0 Å². The zero-order valence-electron chi connectivity index (χ0n) is 15.1. The molecular weight excluding hydrogens is 358 g/mol. The molecule has 3 aromatic rings. The number of hydrogen-bond acceptors (Lipinski definition) is 3. The molecule has 0 fully saturated rings. The highest BCUT2D eigenvalue weighted by Gasteiger charge is 2.33. The number of anilines is 2. The first kappa shape index (κ1) is 18.9. The molecule has 27 heavy (non-hydrogen) atoms. The lowest BCUT2D eigenvalue weighted by atomic mass is 9.91. The second-order valence-corrected chi connectivity index (χ2v) is 6.62. The largest absolute Gasteiger partial charge is 0.378 e. The van der Waals surface area contributed by atoms with Gasteiger partial charge in [-0.1, -0.05) is 36.4 Å². The fourth-order valence-electron chi connectivity index (χ4n) is 3.63. The Balaban J connectivity index is 0.00000210. The molecule has 5 heteroatoms. The topological polar surface area (TPSA) is 45.2 Å². The molecule has 1 N–H and O–H groups in total. The number of nitrogens with zero attached hydrogens (tertiary/aromatic N) is 2. The van der Waals surface area contributed by atoms with E-state index in [2.05, 4.69) is 35.4 Å². The summed E-state index contributed by atoms with van der Waals surface area (Å²) in [4.78, 5) is 19.0. The number of fused-ring (bicyclic) bond motifs is 1. The van der Waals surface area contributed by atoms with Crippen molar-refractivity contribution < 1.29 is 4.79 Å². The number of carbonyl (C=O) groups is 1. The zero-order chi connectivity index (χ0) is 17.9. The van der Waals surface area contributed by atoms with Gasteiger partial charge in [-0.25, -0.2) is 0 Å². The number of benzene rings is 2. The molecule has 0 saturated carbocycles. The Morgan fingerprint density at radius 2 is 1.67 bits per heavy atom. The van der Waals surface area contributed by atoms with Crippen LogP contribution < -0.4 is 10.2 Å². The summed E-state index contributed by atoms with van der Waals surface area (Å²) in [5, 5.41) is 3.62. The highest BCUT2D eigenvalue weighted by atomic mass is 35.5. The van der Waals surface area contributed by atoms with Gasteiger partial charge < -0.3 is 10.2 Å². The molecule has 2 atom stereocenters. The van der Waals surface area contributed by atoms with Gasteiger partial charge in [-0.05, 0) is 49.2 Å². The molecule has 0 radical (unpaired) electrons. The van der Waals surface area contributed by atoms with E-state index in [1.807, 2.05) is 41.3 Å². The van der Waals surface area contributed by atoms with Crippen LogP contribution in [-0.2, 0) is 0 Å². The summed E-state index contributed by atoms with van der Waals surface area (Å²) in [5.41, 5.74) is 3.88. The Bertz CT molecular complexity index is 902. The van der Waals surface area contributed by atoms with E-state index in [0.29, 0.717) is 5.56 Å². The van der Waals surface area contributed by atoms with Crippen molar-refractivity contribution in [1.82, 2.24) is 4.98 Å². The standard InChI is InChI=1S/C22H21N3O.ClH/c1-16-15-20(24-18-7-3-2-4-8-18)19-9-5-6-10-21(19)25(16)22(26)17-11-13-23-14-12-17;/h2-14,16,20,24H,15H2,1H3;1H/t16-,20+;/m1./s1. The van der Waals surface area contributed by atoms with Crippen LogP contribution in [0.25, 0.3) is 0 Å². The molecule has 0 saturated heterocycles. The first-order chi connectivity index (χ1) is 12.7. The van der Waals surface area contributed by atoms with Crippen LogP contribution in [0, 0.1) is 0 Å². The van der Waals surface area contributed by atoms with Crippen LogP contribution in [0.5, 0.6) is 0 Å². The van der Waals surface area contributed by atoms with Crippen molar-refractivity contribution in [1.29, 1.82) is 0 Å². The van der Waals surface area contributed by atoms with Gasteiger partial charge in [0.15, 0.2) is 0 Å². The lowest BCUT2D eigenvalue weighted by Crippen LogP contribution is -2.44. The first-order valence-corrected chi connectivity index (χ1v) is 8.88. The van der Waals surface area contributed by atoms with Gasteiger partial charge in [0, 0.05) is 35.4 Å². The fraction of sp³-hybridized carbons (Fsp3) is 0.182. The molecule has 1 aromatic heterocycles. The van der Waals surface area contributed by atoms with Crippen molar-refractivity contribution in [3.8, 4) is 0 Å². The normalized spacial score (nSPS) is 18.2. The van der Waals surface area contributed by atoms with E-state index in [-0.39, 0.29) is 30.4 Å². The van der Waals surface area contributed by atoms with Crippen LogP contribution in [0.2, 0.25) is 0 Å². The number of para-hydroxylation sites is 2. The van der Waals surface area contributed by atoms with Crippen molar-refractivity contribution in [2.45, 2.75) is 25.4 Å². The van der Waals surface area contributed by atoms with Gasteiger partial charge in [0.25, 0.3) is 5.91 Å². The molecule has 0 aliphatic carbocycles. The summed E-state index contributed by atoms with van der Waals surface area (Å²) >= 11 is 0. The molecular formula is C22H22ClN3O. The van der Waals surface area contributed by atoms with Crippen LogP contribution in [0.3, 0.4) is 0 Å². The number of aromatic nitrogens is 1. The predicted molar refractivity (Wildman–Crippen MR) is 112 cm³/mol. The number of halogens is 1. The molecule has 2 heterocycles. The van der Waals surface area contributed by atoms with Crippen LogP contribution >= 0.6 is 12.4 Å². The van der Waals surface area contributed by atoms with Crippen molar-refractivity contribution in [2.24, 2.45) is 0 Å². The molecule has 138 valence electrons. The summed E-state index contributed by atoms with van der Waals surface area (Å²) in [6, 6.07) is 22.2. The second kappa shape index (κ2) is 8.23. The first-order valence-electron chi connectivity index (χ1n) is 8.88. The number of hydrogen-bond donors (Lipinski definition) is 1. The third kappa shape index (κ3) is 3.81. The molecule has 4 rings (SSSR count). The molecule has 0 bridgehead atoms. The van der Waals surface area contributed by atoms with Crippen molar-refractivity contribution in [3.05, 3.63) is 90.3 Å². The van der Waals surface area contributed by atoms with E-state index in [0.717, 1.165) is 23.4 Å². The van der Waals surface area contributed by atoms with Gasteiger partial charge in [-0.15, -0.1) is 12.4 Å². The highest BCUT2D eigenvalue weighted by Crippen LogP contribution is 2.39. The van der Waals surface area contributed by atoms with Crippen LogP contribution in [-0.4, -0.2) is 16.9 Å². The maximum atomic E-state index is 13.1.